The van der Waals surface area contributed by atoms with E-state index in [0.717, 1.165) is 5.06 Å². The fourth-order valence-electron chi connectivity index (χ4n) is 2.35. The number of Topliss-reactive ketones (excluding diaryl/α,β-unsaturated/α-hetero) is 2. The van der Waals surface area contributed by atoms with Crippen molar-refractivity contribution in [2.24, 2.45) is 5.92 Å². The molecule has 1 heterocycles. The van der Waals surface area contributed by atoms with Crippen molar-refractivity contribution < 1.29 is 9.59 Å². The third-order valence-electron chi connectivity index (χ3n) is 3.49. The quantitative estimate of drug-likeness (QED) is 0.766. The third-order valence-corrected chi connectivity index (χ3v) is 3.49. The summed E-state index contributed by atoms with van der Waals surface area (Å²) in [7, 11) is 0. The van der Waals surface area contributed by atoms with E-state index in [1.165, 1.54) is 6.92 Å². The third kappa shape index (κ3) is 2.66. The average Bonchev–Trinajstić information content (AvgIpc) is 2.39. The molecular formula is C14H16NO3-. The van der Waals surface area contributed by atoms with Crippen molar-refractivity contribution in [1.29, 1.82) is 0 Å². The second kappa shape index (κ2) is 5.42. The molecule has 18 heavy (non-hydrogen) atoms. The minimum Gasteiger partial charge on any atom is -0.785 e. The standard InChI is InChI=1S/C14H16NO3/c1-10(16)12-7-8-15(18)13(9-12)14(17)11-5-3-2-4-6-11/h2-6,12-13H,7-9H2,1H3/q-1. The van der Waals surface area contributed by atoms with Gasteiger partial charge in [-0.1, -0.05) is 30.3 Å². The van der Waals surface area contributed by atoms with Crippen LogP contribution in [0.2, 0.25) is 0 Å². The molecule has 1 aliphatic rings. The molecule has 1 saturated heterocycles. The molecule has 4 nitrogen and oxygen atoms in total. The number of ketones is 2. The van der Waals surface area contributed by atoms with E-state index in [1.54, 1.807) is 24.3 Å². The van der Waals surface area contributed by atoms with Crippen molar-refractivity contribution in [3.05, 3.63) is 41.1 Å². The first-order chi connectivity index (χ1) is 8.59. The Labute approximate surface area is 106 Å². The van der Waals surface area contributed by atoms with E-state index in [1.807, 2.05) is 6.07 Å². The molecule has 0 radical (unpaired) electrons. The molecule has 0 N–H and O–H groups in total. The molecule has 0 amide bonds. The highest BCUT2D eigenvalue weighted by Gasteiger charge is 2.31. The number of hydroxylamine groups is 2. The van der Waals surface area contributed by atoms with Gasteiger partial charge < -0.3 is 10.3 Å². The van der Waals surface area contributed by atoms with E-state index in [0.29, 0.717) is 18.4 Å². The highest BCUT2D eigenvalue weighted by Crippen LogP contribution is 2.25. The van der Waals surface area contributed by atoms with Crippen LogP contribution in [-0.4, -0.2) is 29.2 Å². The average molecular weight is 246 g/mol. The number of benzene rings is 1. The maximum absolute atomic E-state index is 12.2. The first kappa shape index (κ1) is 12.9. The SMILES string of the molecule is CC(=O)C1CCN([O-])C(C(=O)c2ccccc2)C1. The summed E-state index contributed by atoms with van der Waals surface area (Å²) in [4.78, 5) is 23.6. The molecule has 1 aromatic carbocycles. The Morgan fingerprint density at radius 2 is 1.94 bits per heavy atom. The summed E-state index contributed by atoms with van der Waals surface area (Å²) in [5.74, 6) is -0.279. The van der Waals surface area contributed by atoms with Crippen LogP contribution in [0.25, 0.3) is 0 Å². The number of nitrogens with zero attached hydrogens (tertiary/aromatic N) is 1. The van der Waals surface area contributed by atoms with E-state index in [2.05, 4.69) is 0 Å². The topological polar surface area (TPSA) is 60.4 Å². The lowest BCUT2D eigenvalue weighted by Crippen LogP contribution is -2.45. The Hall–Kier alpha value is -1.52. The second-order valence-corrected chi connectivity index (χ2v) is 4.72. The van der Waals surface area contributed by atoms with Crippen molar-refractivity contribution in [3.63, 3.8) is 0 Å². The van der Waals surface area contributed by atoms with Crippen molar-refractivity contribution in [3.8, 4) is 0 Å². The van der Waals surface area contributed by atoms with Crippen LogP contribution in [0.5, 0.6) is 0 Å². The Morgan fingerprint density at radius 3 is 2.56 bits per heavy atom. The summed E-state index contributed by atoms with van der Waals surface area (Å²) >= 11 is 0. The molecule has 0 aliphatic carbocycles. The fourth-order valence-corrected chi connectivity index (χ4v) is 2.35. The van der Waals surface area contributed by atoms with E-state index in [4.69, 9.17) is 0 Å². The van der Waals surface area contributed by atoms with Gasteiger partial charge in [0.15, 0.2) is 5.78 Å². The van der Waals surface area contributed by atoms with Gasteiger partial charge in [0.1, 0.15) is 5.78 Å². The van der Waals surface area contributed by atoms with E-state index < -0.39 is 6.04 Å². The molecule has 1 fully saturated rings. The smallest absolute Gasteiger partial charge is 0.179 e. The minimum atomic E-state index is -0.713. The summed E-state index contributed by atoms with van der Waals surface area (Å²) in [6, 6.07) is 8.06. The van der Waals surface area contributed by atoms with Crippen LogP contribution in [0.3, 0.4) is 0 Å². The molecule has 2 atom stereocenters. The predicted molar refractivity (Wildman–Crippen MR) is 68.0 cm³/mol. The highest BCUT2D eigenvalue weighted by atomic mass is 16.5. The van der Waals surface area contributed by atoms with Crippen molar-refractivity contribution in [2.45, 2.75) is 25.8 Å². The van der Waals surface area contributed by atoms with Crippen molar-refractivity contribution >= 4 is 11.6 Å². The van der Waals surface area contributed by atoms with E-state index in [-0.39, 0.29) is 24.0 Å². The monoisotopic (exact) mass is 246 g/mol. The molecule has 0 bridgehead atoms. The molecule has 96 valence electrons. The Kier molecular flexibility index (Phi) is 3.89. The van der Waals surface area contributed by atoms with Gasteiger partial charge >= 0.3 is 0 Å². The Balaban J connectivity index is 2.15. The number of carbonyl (C=O) groups is 2. The van der Waals surface area contributed by atoms with Crippen LogP contribution < -0.4 is 0 Å². The Morgan fingerprint density at radius 1 is 1.28 bits per heavy atom. The lowest BCUT2D eigenvalue weighted by molar-refractivity contribution is -0.122. The number of hydrogen-bond acceptors (Lipinski definition) is 4. The minimum absolute atomic E-state index is 0.0639. The van der Waals surface area contributed by atoms with Gasteiger partial charge in [-0.15, -0.1) is 0 Å². The predicted octanol–water partition coefficient (Wildman–Crippen LogP) is 2.04. The summed E-state index contributed by atoms with van der Waals surface area (Å²) in [5.41, 5.74) is 0.535. The summed E-state index contributed by atoms with van der Waals surface area (Å²) < 4.78 is 0. The molecule has 4 heteroatoms. The zero-order valence-corrected chi connectivity index (χ0v) is 10.3. The van der Waals surface area contributed by atoms with Crippen LogP contribution in [0, 0.1) is 11.1 Å². The molecule has 1 aliphatic heterocycles. The highest BCUT2D eigenvalue weighted by molar-refractivity contribution is 6.00. The van der Waals surface area contributed by atoms with Crippen LogP contribution >= 0.6 is 0 Å². The fraction of sp³-hybridized carbons (Fsp3) is 0.429. The molecule has 0 aromatic heterocycles. The molecule has 2 unspecified atom stereocenters. The van der Waals surface area contributed by atoms with Crippen LogP contribution in [0.1, 0.15) is 30.1 Å². The van der Waals surface area contributed by atoms with Gasteiger partial charge in [0.2, 0.25) is 0 Å². The van der Waals surface area contributed by atoms with Gasteiger partial charge in [-0.2, -0.15) is 0 Å². The molecule has 0 spiro atoms. The number of carbonyl (C=O) groups excluding carboxylic acids is 2. The van der Waals surface area contributed by atoms with E-state index in [9.17, 15) is 14.8 Å². The number of piperidine rings is 1. The van der Waals surface area contributed by atoms with Crippen LogP contribution in [0.15, 0.2) is 30.3 Å². The maximum atomic E-state index is 12.2. The lowest BCUT2D eigenvalue weighted by atomic mass is 9.86. The number of hydrogen-bond donors (Lipinski definition) is 0. The summed E-state index contributed by atoms with van der Waals surface area (Å²) in [6.45, 7) is 1.78. The first-order valence-electron chi connectivity index (χ1n) is 6.13. The number of rotatable bonds is 3. The normalized spacial score (nSPS) is 24.8. The molecular weight excluding hydrogens is 230 g/mol. The molecule has 0 saturated carbocycles. The van der Waals surface area contributed by atoms with Crippen LogP contribution in [0.4, 0.5) is 0 Å². The summed E-state index contributed by atoms with van der Waals surface area (Å²) in [6.07, 6.45) is 0.893. The van der Waals surface area contributed by atoms with Gasteiger partial charge in [-0.25, -0.2) is 0 Å². The van der Waals surface area contributed by atoms with Crippen molar-refractivity contribution in [1.82, 2.24) is 5.06 Å². The van der Waals surface area contributed by atoms with Gasteiger partial charge in [-0.05, 0) is 26.3 Å². The first-order valence-corrected chi connectivity index (χ1v) is 6.13. The van der Waals surface area contributed by atoms with Gasteiger partial charge in [0, 0.05) is 11.5 Å². The van der Waals surface area contributed by atoms with Gasteiger partial charge in [-0.3, -0.25) is 9.59 Å². The zero-order chi connectivity index (χ0) is 13.1. The lowest BCUT2D eigenvalue weighted by Gasteiger charge is -2.42. The molecule has 1 aromatic rings. The Bertz CT molecular complexity index is 444. The largest absolute Gasteiger partial charge is 0.785 e. The zero-order valence-electron chi connectivity index (χ0n) is 10.3. The second-order valence-electron chi connectivity index (χ2n) is 4.72. The van der Waals surface area contributed by atoms with Gasteiger partial charge in [0.25, 0.3) is 0 Å². The van der Waals surface area contributed by atoms with E-state index >= 15 is 0 Å². The molecule has 2 rings (SSSR count). The maximum Gasteiger partial charge on any atom is 0.179 e. The van der Waals surface area contributed by atoms with Gasteiger partial charge in [0.05, 0.1) is 6.04 Å². The summed E-state index contributed by atoms with van der Waals surface area (Å²) in [5, 5.41) is 12.6. The van der Waals surface area contributed by atoms with Crippen LogP contribution in [-0.2, 0) is 4.79 Å². The van der Waals surface area contributed by atoms with Crippen molar-refractivity contribution in [2.75, 3.05) is 6.54 Å².